The number of amides is 1. The number of hydrogen-bond donors (Lipinski definition) is 1. The Labute approximate surface area is 119 Å². The number of aromatic nitrogens is 1. The predicted octanol–water partition coefficient (Wildman–Crippen LogP) is 1.88. The molecular weight excluding hydrogens is 275 g/mol. The summed E-state index contributed by atoms with van der Waals surface area (Å²) < 4.78 is 12.8. The van der Waals surface area contributed by atoms with Crippen molar-refractivity contribution in [2.75, 3.05) is 4.90 Å². The minimum atomic E-state index is -1.07. The second-order valence-corrected chi connectivity index (χ2v) is 4.73. The van der Waals surface area contributed by atoms with Crippen molar-refractivity contribution in [3.05, 3.63) is 59.7 Å². The maximum absolute atomic E-state index is 12.8. The fourth-order valence-corrected chi connectivity index (χ4v) is 2.48. The second-order valence-electron chi connectivity index (χ2n) is 4.73. The lowest BCUT2D eigenvalue weighted by Gasteiger charge is -2.22. The number of carboxylic acids is 1. The van der Waals surface area contributed by atoms with Gasteiger partial charge in [0.05, 0.1) is 5.56 Å². The lowest BCUT2D eigenvalue weighted by Crippen LogP contribution is -2.42. The van der Waals surface area contributed by atoms with Crippen LogP contribution in [0.15, 0.2) is 42.6 Å². The summed E-state index contributed by atoms with van der Waals surface area (Å²) in [5.41, 5.74) is 1.52. The predicted molar refractivity (Wildman–Crippen MR) is 72.6 cm³/mol. The Morgan fingerprint density at radius 3 is 2.67 bits per heavy atom. The summed E-state index contributed by atoms with van der Waals surface area (Å²) in [6.45, 7) is 0. The van der Waals surface area contributed by atoms with E-state index in [1.165, 1.54) is 11.0 Å². The highest BCUT2D eigenvalue weighted by Crippen LogP contribution is 2.33. The molecule has 0 saturated carbocycles. The van der Waals surface area contributed by atoms with Gasteiger partial charge in [0.25, 0.3) is 5.91 Å². The minimum absolute atomic E-state index is 0.152. The second kappa shape index (κ2) is 4.97. The van der Waals surface area contributed by atoms with Gasteiger partial charge in [0, 0.05) is 18.3 Å². The molecule has 1 aromatic heterocycles. The molecule has 1 aliphatic rings. The quantitative estimate of drug-likeness (QED) is 0.856. The van der Waals surface area contributed by atoms with E-state index in [0.29, 0.717) is 5.69 Å². The third-order valence-electron chi connectivity index (χ3n) is 3.45. The van der Waals surface area contributed by atoms with Crippen molar-refractivity contribution in [2.24, 2.45) is 0 Å². The monoisotopic (exact) mass is 286 g/mol. The van der Waals surface area contributed by atoms with Crippen LogP contribution in [0.25, 0.3) is 0 Å². The van der Waals surface area contributed by atoms with Crippen LogP contribution in [0.2, 0.25) is 0 Å². The maximum Gasteiger partial charge on any atom is 0.327 e. The van der Waals surface area contributed by atoms with E-state index in [1.807, 2.05) is 0 Å². The number of para-hydroxylation sites is 1. The number of fused-ring (bicyclic) bond motifs is 1. The summed E-state index contributed by atoms with van der Waals surface area (Å²) in [6, 6.07) is 8.45. The van der Waals surface area contributed by atoms with E-state index in [2.05, 4.69) is 4.98 Å². The van der Waals surface area contributed by atoms with Crippen molar-refractivity contribution in [3.63, 3.8) is 0 Å². The lowest BCUT2D eigenvalue weighted by molar-refractivity contribution is -0.138. The summed E-state index contributed by atoms with van der Waals surface area (Å²) in [5.74, 6) is -2.27. The number of halogens is 1. The Bertz CT molecular complexity index is 715. The number of aliphatic carboxylic acids is 1. The van der Waals surface area contributed by atoms with Crippen molar-refractivity contribution in [1.82, 2.24) is 4.98 Å². The number of hydrogen-bond acceptors (Lipinski definition) is 3. The van der Waals surface area contributed by atoms with Crippen LogP contribution in [0, 0.1) is 5.95 Å². The molecule has 0 aliphatic carbocycles. The molecule has 0 spiro atoms. The van der Waals surface area contributed by atoms with Crippen molar-refractivity contribution >= 4 is 17.6 Å². The van der Waals surface area contributed by atoms with Crippen LogP contribution in [-0.2, 0) is 11.2 Å². The van der Waals surface area contributed by atoms with Gasteiger partial charge >= 0.3 is 5.97 Å². The normalized spacial score (nSPS) is 16.6. The van der Waals surface area contributed by atoms with E-state index in [-0.39, 0.29) is 12.0 Å². The van der Waals surface area contributed by atoms with Crippen molar-refractivity contribution < 1.29 is 19.1 Å². The molecule has 1 aromatic carbocycles. The SMILES string of the molecule is O=C(O)[C@@H]1Cc2ccccc2N1C(=O)c1ccc(F)nc1. The third-order valence-corrected chi connectivity index (χ3v) is 3.45. The highest BCUT2D eigenvalue weighted by molar-refractivity contribution is 6.10. The van der Waals surface area contributed by atoms with Crippen LogP contribution in [-0.4, -0.2) is 28.0 Å². The molecule has 21 heavy (non-hydrogen) atoms. The first-order chi connectivity index (χ1) is 10.1. The van der Waals surface area contributed by atoms with Gasteiger partial charge in [-0.05, 0) is 23.8 Å². The number of carboxylic acid groups (broad SMARTS) is 1. The highest BCUT2D eigenvalue weighted by atomic mass is 19.1. The van der Waals surface area contributed by atoms with Crippen LogP contribution in [0.4, 0.5) is 10.1 Å². The van der Waals surface area contributed by atoms with E-state index in [9.17, 15) is 19.1 Å². The Morgan fingerprint density at radius 1 is 1.24 bits per heavy atom. The molecule has 5 nitrogen and oxygen atoms in total. The van der Waals surface area contributed by atoms with Crippen LogP contribution < -0.4 is 4.90 Å². The molecule has 106 valence electrons. The average Bonchev–Trinajstić information content (AvgIpc) is 2.87. The maximum atomic E-state index is 12.8. The molecule has 1 atom stereocenters. The smallest absolute Gasteiger partial charge is 0.327 e. The number of carbonyl (C=O) groups excluding carboxylic acids is 1. The molecule has 1 N–H and O–H groups in total. The van der Waals surface area contributed by atoms with Gasteiger partial charge in [-0.2, -0.15) is 4.39 Å². The van der Waals surface area contributed by atoms with Gasteiger partial charge in [-0.15, -0.1) is 0 Å². The molecule has 1 amide bonds. The van der Waals surface area contributed by atoms with Crippen LogP contribution in [0.1, 0.15) is 15.9 Å². The molecule has 0 radical (unpaired) electrons. The lowest BCUT2D eigenvalue weighted by atomic mass is 10.1. The topological polar surface area (TPSA) is 70.5 Å². The zero-order chi connectivity index (χ0) is 15.0. The molecule has 6 heteroatoms. The number of anilines is 1. The molecule has 3 rings (SSSR count). The van der Waals surface area contributed by atoms with Crippen molar-refractivity contribution in [3.8, 4) is 0 Å². The minimum Gasteiger partial charge on any atom is -0.480 e. The van der Waals surface area contributed by atoms with E-state index < -0.39 is 23.9 Å². The Kier molecular flexibility index (Phi) is 3.13. The van der Waals surface area contributed by atoms with E-state index in [0.717, 1.165) is 17.8 Å². The van der Waals surface area contributed by atoms with Gasteiger partial charge in [0.15, 0.2) is 0 Å². The Balaban J connectivity index is 2.03. The third kappa shape index (κ3) is 2.24. The number of benzene rings is 1. The van der Waals surface area contributed by atoms with Gasteiger partial charge in [-0.1, -0.05) is 18.2 Å². The molecule has 0 bridgehead atoms. The average molecular weight is 286 g/mol. The molecular formula is C15H11FN2O3. The first-order valence-electron chi connectivity index (χ1n) is 6.34. The first-order valence-corrected chi connectivity index (χ1v) is 6.34. The molecule has 1 aliphatic heterocycles. The Hall–Kier alpha value is -2.76. The van der Waals surface area contributed by atoms with Crippen molar-refractivity contribution in [1.29, 1.82) is 0 Å². The number of rotatable bonds is 2. The summed E-state index contributed by atoms with van der Waals surface area (Å²) in [7, 11) is 0. The molecule has 0 unspecified atom stereocenters. The summed E-state index contributed by atoms with van der Waals surface area (Å²) >= 11 is 0. The highest BCUT2D eigenvalue weighted by Gasteiger charge is 2.38. The van der Waals surface area contributed by atoms with Crippen molar-refractivity contribution in [2.45, 2.75) is 12.5 Å². The summed E-state index contributed by atoms with van der Waals surface area (Å²) in [4.78, 5) is 28.6. The standard InChI is InChI=1S/C15H11FN2O3/c16-13-6-5-10(8-17-13)14(19)18-11-4-2-1-3-9(11)7-12(18)15(20)21/h1-6,8,12H,7H2,(H,20,21)/t12-/m0/s1. The van der Waals surface area contributed by atoms with Gasteiger partial charge in [-0.3, -0.25) is 9.69 Å². The van der Waals surface area contributed by atoms with E-state index in [1.54, 1.807) is 24.3 Å². The fraction of sp³-hybridized carbons (Fsp3) is 0.133. The largest absolute Gasteiger partial charge is 0.480 e. The Morgan fingerprint density at radius 2 is 2.00 bits per heavy atom. The molecule has 2 aromatic rings. The van der Waals surface area contributed by atoms with Gasteiger partial charge < -0.3 is 5.11 Å². The number of nitrogens with zero attached hydrogens (tertiary/aromatic N) is 2. The fourth-order valence-electron chi connectivity index (χ4n) is 2.48. The van der Waals surface area contributed by atoms with Crippen LogP contribution in [0.3, 0.4) is 0 Å². The van der Waals surface area contributed by atoms with Crippen LogP contribution >= 0.6 is 0 Å². The molecule has 2 heterocycles. The van der Waals surface area contributed by atoms with Gasteiger partial charge in [0.1, 0.15) is 6.04 Å². The first kappa shape index (κ1) is 13.2. The number of pyridine rings is 1. The zero-order valence-electron chi connectivity index (χ0n) is 10.9. The van der Waals surface area contributed by atoms with Crippen LogP contribution in [0.5, 0.6) is 0 Å². The van der Waals surface area contributed by atoms with Gasteiger partial charge in [0.2, 0.25) is 5.95 Å². The molecule has 0 fully saturated rings. The summed E-state index contributed by atoms with van der Waals surface area (Å²) in [5, 5.41) is 9.33. The zero-order valence-corrected chi connectivity index (χ0v) is 10.9. The molecule has 0 saturated heterocycles. The number of carbonyl (C=O) groups is 2. The van der Waals surface area contributed by atoms with E-state index in [4.69, 9.17) is 0 Å². The summed E-state index contributed by atoms with van der Waals surface area (Å²) in [6.07, 6.45) is 1.36. The van der Waals surface area contributed by atoms with E-state index >= 15 is 0 Å². The van der Waals surface area contributed by atoms with Gasteiger partial charge in [-0.25, -0.2) is 9.78 Å².